The zero-order valence-corrected chi connectivity index (χ0v) is 16.7. The van der Waals surface area contributed by atoms with Crippen LogP contribution in [0.2, 0.25) is 0 Å². The van der Waals surface area contributed by atoms with E-state index in [9.17, 15) is 9.59 Å². The van der Waals surface area contributed by atoms with Gasteiger partial charge in [0.05, 0.1) is 13.7 Å². The number of fused-ring (bicyclic) bond motifs is 2. The van der Waals surface area contributed by atoms with Crippen molar-refractivity contribution in [3.63, 3.8) is 0 Å². The molecule has 0 saturated carbocycles. The minimum Gasteiger partial charge on any atom is -0.493 e. The van der Waals surface area contributed by atoms with Crippen molar-refractivity contribution in [3.05, 3.63) is 61.8 Å². The van der Waals surface area contributed by atoms with E-state index in [4.69, 9.17) is 32.9 Å². The maximum absolute atomic E-state index is 12.5. The molecular weight excluding hydrogens is 408 g/mol. The van der Waals surface area contributed by atoms with Gasteiger partial charge in [-0.2, -0.15) is 0 Å². The van der Waals surface area contributed by atoms with Crippen molar-refractivity contribution in [1.29, 1.82) is 0 Å². The van der Waals surface area contributed by atoms with Crippen molar-refractivity contribution in [2.24, 2.45) is 0 Å². The first-order valence-corrected chi connectivity index (χ1v) is 9.53. The summed E-state index contributed by atoms with van der Waals surface area (Å²) in [4.78, 5) is 23.9. The van der Waals surface area contributed by atoms with Crippen LogP contribution in [0.15, 0.2) is 48.8 Å². The Morgan fingerprint density at radius 2 is 1.90 bits per heavy atom. The number of rotatable bonds is 8. The molecule has 9 nitrogen and oxygen atoms in total. The molecule has 162 valence electrons. The summed E-state index contributed by atoms with van der Waals surface area (Å²) in [5.41, 5.74) is -0.405. The molecule has 2 heterocycles. The van der Waals surface area contributed by atoms with Crippen LogP contribution in [-0.2, 0) is 4.74 Å². The molecule has 9 heteroatoms. The van der Waals surface area contributed by atoms with Gasteiger partial charge in [-0.05, 0) is 24.3 Å². The molecule has 0 radical (unpaired) electrons. The molecule has 1 atom stereocenters. The number of aliphatic hydroxyl groups excluding tert-OH is 1. The van der Waals surface area contributed by atoms with Crippen LogP contribution in [-0.4, -0.2) is 38.3 Å². The SMILES string of the molecule is COc1cc2cc(OC3C=c4oc(=O)ccc4=CC3)c(=O)oc2cc1OCCOCO. The lowest BCUT2D eigenvalue weighted by Crippen LogP contribution is -2.35. The van der Waals surface area contributed by atoms with E-state index in [0.717, 1.165) is 5.22 Å². The molecule has 3 aromatic rings. The normalized spacial score (nSPS) is 15.0. The van der Waals surface area contributed by atoms with Gasteiger partial charge in [0.25, 0.3) is 0 Å². The maximum atomic E-state index is 12.5. The van der Waals surface area contributed by atoms with Gasteiger partial charge >= 0.3 is 11.3 Å². The van der Waals surface area contributed by atoms with Gasteiger partial charge in [-0.3, -0.25) is 0 Å². The highest BCUT2D eigenvalue weighted by molar-refractivity contribution is 5.82. The van der Waals surface area contributed by atoms with Gasteiger partial charge in [-0.15, -0.1) is 0 Å². The fourth-order valence-corrected chi connectivity index (χ4v) is 3.20. The first-order chi connectivity index (χ1) is 15.1. The maximum Gasteiger partial charge on any atom is 0.379 e. The minimum atomic E-state index is -0.652. The Hall–Kier alpha value is -3.56. The summed E-state index contributed by atoms with van der Waals surface area (Å²) < 4.78 is 32.2. The van der Waals surface area contributed by atoms with Gasteiger partial charge in [0.15, 0.2) is 11.5 Å². The number of ether oxygens (including phenoxy) is 4. The summed E-state index contributed by atoms with van der Waals surface area (Å²) in [5.74, 6) is 0.829. The van der Waals surface area contributed by atoms with E-state index in [-0.39, 0.29) is 19.0 Å². The molecule has 1 unspecified atom stereocenters. The third-order valence-electron chi connectivity index (χ3n) is 4.64. The van der Waals surface area contributed by atoms with Gasteiger partial charge in [-0.1, -0.05) is 6.08 Å². The monoisotopic (exact) mass is 428 g/mol. The molecule has 2 aromatic heterocycles. The van der Waals surface area contributed by atoms with Crippen molar-refractivity contribution in [2.45, 2.75) is 12.5 Å². The molecule has 0 bridgehead atoms. The zero-order valence-electron chi connectivity index (χ0n) is 16.7. The molecule has 0 amide bonds. The van der Waals surface area contributed by atoms with E-state index in [1.54, 1.807) is 30.3 Å². The van der Waals surface area contributed by atoms with Crippen molar-refractivity contribution in [2.75, 3.05) is 27.1 Å². The van der Waals surface area contributed by atoms with Crippen molar-refractivity contribution >= 4 is 23.1 Å². The Morgan fingerprint density at radius 3 is 2.71 bits per heavy atom. The van der Waals surface area contributed by atoms with Crippen molar-refractivity contribution in [1.82, 2.24) is 0 Å². The van der Waals surface area contributed by atoms with Crippen LogP contribution in [0.5, 0.6) is 17.2 Å². The van der Waals surface area contributed by atoms with Crippen LogP contribution < -0.4 is 36.1 Å². The molecule has 0 spiro atoms. The summed E-state index contributed by atoms with van der Waals surface area (Å²) in [6.07, 6.45) is 3.55. The molecule has 4 rings (SSSR count). The first kappa shape index (κ1) is 20.7. The first-order valence-electron chi connectivity index (χ1n) is 9.53. The molecule has 0 fully saturated rings. The van der Waals surface area contributed by atoms with Crippen LogP contribution in [0.4, 0.5) is 0 Å². The van der Waals surface area contributed by atoms with E-state index in [1.165, 1.54) is 13.2 Å². The predicted molar refractivity (Wildman–Crippen MR) is 110 cm³/mol. The van der Waals surface area contributed by atoms with Crippen molar-refractivity contribution in [3.8, 4) is 17.2 Å². The number of benzene rings is 1. The van der Waals surface area contributed by atoms with Gasteiger partial charge in [0, 0.05) is 29.2 Å². The number of methoxy groups -OCH3 is 1. The second-order valence-electron chi connectivity index (χ2n) is 6.66. The molecule has 1 N–H and O–H groups in total. The Kier molecular flexibility index (Phi) is 6.06. The summed E-state index contributed by atoms with van der Waals surface area (Å²) in [7, 11) is 1.49. The van der Waals surface area contributed by atoms with Gasteiger partial charge in [-0.25, -0.2) is 9.59 Å². The lowest BCUT2D eigenvalue weighted by molar-refractivity contribution is -0.0128. The number of hydrogen-bond donors (Lipinski definition) is 1. The fraction of sp³-hybridized carbons (Fsp3) is 0.273. The molecule has 0 saturated heterocycles. The van der Waals surface area contributed by atoms with E-state index in [1.807, 2.05) is 6.08 Å². The summed E-state index contributed by atoms with van der Waals surface area (Å²) in [5, 5.41) is 10.0. The second kappa shape index (κ2) is 9.07. The van der Waals surface area contributed by atoms with Crippen LogP contribution in [0.25, 0.3) is 23.1 Å². The van der Waals surface area contributed by atoms with Crippen LogP contribution in [0, 0.1) is 0 Å². The Labute approximate surface area is 175 Å². The van der Waals surface area contributed by atoms with E-state index >= 15 is 0 Å². The topological polar surface area (TPSA) is 118 Å². The van der Waals surface area contributed by atoms with Gasteiger partial charge in [0.1, 0.15) is 30.5 Å². The highest BCUT2D eigenvalue weighted by atomic mass is 16.6. The number of aliphatic hydroxyl groups is 1. The molecule has 1 aromatic carbocycles. The summed E-state index contributed by atoms with van der Waals surface area (Å²) >= 11 is 0. The van der Waals surface area contributed by atoms with E-state index < -0.39 is 24.1 Å². The van der Waals surface area contributed by atoms with Crippen LogP contribution in [0.3, 0.4) is 0 Å². The highest BCUT2D eigenvalue weighted by Crippen LogP contribution is 2.33. The van der Waals surface area contributed by atoms with E-state index in [2.05, 4.69) is 0 Å². The highest BCUT2D eigenvalue weighted by Gasteiger charge is 2.16. The smallest absolute Gasteiger partial charge is 0.379 e. The average Bonchev–Trinajstić information content (AvgIpc) is 2.76. The molecular formula is C22H20O9. The third kappa shape index (κ3) is 4.62. The summed E-state index contributed by atoms with van der Waals surface area (Å²) in [6, 6.07) is 7.81. The van der Waals surface area contributed by atoms with Crippen LogP contribution in [0.1, 0.15) is 6.42 Å². The Bertz CT molecular complexity index is 1320. The fourth-order valence-electron chi connectivity index (χ4n) is 3.20. The lowest BCUT2D eigenvalue weighted by atomic mass is 10.1. The van der Waals surface area contributed by atoms with Crippen molar-refractivity contribution < 1.29 is 32.9 Å². The average molecular weight is 428 g/mol. The zero-order chi connectivity index (χ0) is 21.8. The Morgan fingerprint density at radius 1 is 1.06 bits per heavy atom. The third-order valence-corrected chi connectivity index (χ3v) is 4.64. The molecule has 1 aliphatic carbocycles. The van der Waals surface area contributed by atoms with Gasteiger partial charge < -0.3 is 32.9 Å². The molecule has 31 heavy (non-hydrogen) atoms. The molecule has 0 aliphatic heterocycles. The lowest BCUT2D eigenvalue weighted by Gasteiger charge is -2.16. The quantitative estimate of drug-likeness (QED) is 0.311. The van der Waals surface area contributed by atoms with E-state index in [0.29, 0.717) is 34.3 Å². The van der Waals surface area contributed by atoms with Gasteiger partial charge in [0.2, 0.25) is 5.75 Å². The molecule has 1 aliphatic rings. The predicted octanol–water partition coefficient (Wildman–Crippen LogP) is 0.512. The largest absolute Gasteiger partial charge is 0.493 e. The second-order valence-corrected chi connectivity index (χ2v) is 6.66. The number of hydrogen-bond acceptors (Lipinski definition) is 9. The standard InChI is InChI=1S/C22H20O9/c1-26-18-8-14-9-20(22(25)31-17(14)11-19(18)28-7-6-27-12-23)29-15-4-2-13-3-5-21(24)30-16(13)10-15/h2-3,5,8-11,15,23H,4,6-7,12H2,1H3. The minimum absolute atomic E-state index is 0.0240. The van der Waals surface area contributed by atoms with Crippen LogP contribution >= 0.6 is 0 Å². The Balaban J connectivity index is 1.61. The summed E-state index contributed by atoms with van der Waals surface area (Å²) in [6.45, 7) is -0.0319.